The van der Waals surface area contributed by atoms with Crippen LogP contribution in [0, 0.1) is 0 Å². The zero-order valence-corrected chi connectivity index (χ0v) is 11.7. The molecule has 1 N–H and O–H groups in total. The molecule has 0 heterocycles. The van der Waals surface area contributed by atoms with Crippen LogP contribution in [0.5, 0.6) is 0 Å². The highest BCUT2D eigenvalue weighted by Gasteiger charge is 2.22. The molecule has 2 rings (SSSR count). The zero-order chi connectivity index (χ0) is 13.1. The van der Waals surface area contributed by atoms with E-state index in [2.05, 4.69) is 24.3 Å². The highest BCUT2D eigenvalue weighted by Crippen LogP contribution is 2.40. The Hall–Kier alpha value is -1.21. The number of benzene rings is 1. The summed E-state index contributed by atoms with van der Waals surface area (Å²) in [5.41, 5.74) is 3.64. The minimum Gasteiger partial charge on any atom is -0.511 e. The average Bonchev–Trinajstić information content (AvgIpc) is 3.20. The van der Waals surface area contributed by atoms with Crippen LogP contribution in [0.25, 0.3) is 0 Å². The summed E-state index contributed by atoms with van der Waals surface area (Å²) in [5, 5.41) is 9.89. The van der Waals surface area contributed by atoms with Gasteiger partial charge in [-0.25, -0.2) is 0 Å². The van der Waals surface area contributed by atoms with Gasteiger partial charge in [0.25, 0.3) is 0 Å². The molecule has 0 unspecified atom stereocenters. The summed E-state index contributed by atoms with van der Waals surface area (Å²) in [6.45, 7) is 3.56. The fraction of sp³-hybridized carbons (Fsp3) is 0.375. The second-order valence-electron chi connectivity index (χ2n) is 4.91. The van der Waals surface area contributed by atoms with Crippen molar-refractivity contribution in [1.82, 2.24) is 0 Å². The summed E-state index contributed by atoms with van der Waals surface area (Å²) < 4.78 is 0. The Morgan fingerprint density at radius 2 is 1.94 bits per heavy atom. The number of hydrogen-bond acceptors (Lipinski definition) is 1. The highest BCUT2D eigenvalue weighted by molar-refractivity contribution is 6.32. The minimum atomic E-state index is 0.180. The molecule has 1 saturated carbocycles. The Morgan fingerprint density at radius 3 is 2.39 bits per heavy atom. The summed E-state index contributed by atoms with van der Waals surface area (Å²) in [6, 6.07) is 8.75. The van der Waals surface area contributed by atoms with Crippen LogP contribution in [0.15, 0.2) is 46.7 Å². The topological polar surface area (TPSA) is 20.2 Å². The predicted octanol–water partition coefficient (Wildman–Crippen LogP) is 5.08. The fourth-order valence-electron chi connectivity index (χ4n) is 2.08. The van der Waals surface area contributed by atoms with Gasteiger partial charge >= 0.3 is 0 Å². The lowest BCUT2D eigenvalue weighted by molar-refractivity contribution is 0.412. The summed E-state index contributed by atoms with van der Waals surface area (Å²) in [7, 11) is 0. The standard InChI is InChI=1S/C16H19ClO/c1-3-13(16(17)11(2)18)10-12-4-6-14(7-5-12)15-8-9-15/h3-7,15,18H,8-10H2,1-2H3/b13-3-,16-11-. The quantitative estimate of drug-likeness (QED) is 0.593. The molecule has 0 aliphatic heterocycles. The number of rotatable bonds is 4. The first-order chi connectivity index (χ1) is 8.61. The molecule has 0 bridgehead atoms. The largest absolute Gasteiger partial charge is 0.511 e. The van der Waals surface area contributed by atoms with Crippen LogP contribution < -0.4 is 0 Å². The Labute approximate surface area is 114 Å². The Balaban J connectivity index is 2.10. The molecule has 1 fully saturated rings. The van der Waals surface area contributed by atoms with Crippen LogP contribution in [0.3, 0.4) is 0 Å². The van der Waals surface area contributed by atoms with Gasteiger partial charge in [-0.2, -0.15) is 0 Å². The van der Waals surface area contributed by atoms with Gasteiger partial charge in [-0.05, 0) is 55.7 Å². The molecule has 18 heavy (non-hydrogen) atoms. The van der Waals surface area contributed by atoms with E-state index in [0.29, 0.717) is 5.03 Å². The Morgan fingerprint density at radius 1 is 1.33 bits per heavy atom. The van der Waals surface area contributed by atoms with Gasteiger partial charge in [-0.15, -0.1) is 0 Å². The van der Waals surface area contributed by atoms with Crippen molar-refractivity contribution in [2.45, 2.75) is 39.0 Å². The molecule has 1 aliphatic rings. The van der Waals surface area contributed by atoms with Gasteiger partial charge in [0.15, 0.2) is 0 Å². The zero-order valence-electron chi connectivity index (χ0n) is 10.9. The van der Waals surface area contributed by atoms with Crippen molar-refractivity contribution in [2.24, 2.45) is 0 Å². The molecular weight excluding hydrogens is 244 g/mol. The van der Waals surface area contributed by atoms with E-state index < -0.39 is 0 Å². The van der Waals surface area contributed by atoms with E-state index in [0.717, 1.165) is 17.9 Å². The van der Waals surface area contributed by atoms with Crippen LogP contribution in [-0.4, -0.2) is 5.11 Å². The maximum atomic E-state index is 9.43. The Kier molecular flexibility index (Phi) is 4.13. The minimum absolute atomic E-state index is 0.180. The van der Waals surface area contributed by atoms with Crippen molar-refractivity contribution >= 4 is 11.6 Å². The van der Waals surface area contributed by atoms with Crippen LogP contribution in [0.4, 0.5) is 0 Å². The van der Waals surface area contributed by atoms with E-state index in [-0.39, 0.29) is 5.76 Å². The molecule has 1 nitrogen and oxygen atoms in total. The van der Waals surface area contributed by atoms with Crippen molar-refractivity contribution in [2.75, 3.05) is 0 Å². The Bertz CT molecular complexity index is 474. The number of hydrogen-bond donors (Lipinski definition) is 1. The van der Waals surface area contributed by atoms with Gasteiger partial charge in [-0.1, -0.05) is 41.9 Å². The summed E-state index contributed by atoms with van der Waals surface area (Å²) in [5.74, 6) is 0.975. The third-order valence-corrected chi connectivity index (χ3v) is 3.89. The number of allylic oxidation sites excluding steroid dienone is 4. The van der Waals surface area contributed by atoms with Gasteiger partial charge in [0, 0.05) is 0 Å². The first kappa shape index (κ1) is 13.2. The van der Waals surface area contributed by atoms with Gasteiger partial charge in [0.05, 0.1) is 5.03 Å². The maximum absolute atomic E-state index is 9.43. The molecule has 1 aromatic carbocycles. The van der Waals surface area contributed by atoms with Crippen LogP contribution in [-0.2, 0) is 6.42 Å². The molecule has 2 heteroatoms. The van der Waals surface area contributed by atoms with E-state index in [4.69, 9.17) is 11.6 Å². The smallest absolute Gasteiger partial charge is 0.108 e. The first-order valence-corrected chi connectivity index (χ1v) is 6.79. The van der Waals surface area contributed by atoms with Gasteiger partial charge < -0.3 is 5.11 Å². The fourth-order valence-corrected chi connectivity index (χ4v) is 2.26. The van der Waals surface area contributed by atoms with Gasteiger partial charge in [-0.3, -0.25) is 0 Å². The lowest BCUT2D eigenvalue weighted by Gasteiger charge is -2.08. The molecule has 0 amide bonds. The van der Waals surface area contributed by atoms with Crippen molar-refractivity contribution in [3.63, 3.8) is 0 Å². The second-order valence-corrected chi connectivity index (χ2v) is 5.28. The van der Waals surface area contributed by atoms with Gasteiger partial charge in [0.1, 0.15) is 5.76 Å². The lowest BCUT2D eigenvalue weighted by Crippen LogP contribution is -1.94. The average molecular weight is 263 g/mol. The molecule has 0 atom stereocenters. The van der Waals surface area contributed by atoms with Crippen molar-refractivity contribution in [1.29, 1.82) is 0 Å². The summed E-state index contributed by atoms with van der Waals surface area (Å²) in [6.07, 6.45) is 5.38. The molecule has 1 aromatic rings. The van der Waals surface area contributed by atoms with Gasteiger partial charge in [0.2, 0.25) is 0 Å². The highest BCUT2D eigenvalue weighted by atomic mass is 35.5. The third kappa shape index (κ3) is 3.17. The molecule has 0 aromatic heterocycles. The monoisotopic (exact) mass is 262 g/mol. The third-order valence-electron chi connectivity index (χ3n) is 3.37. The first-order valence-electron chi connectivity index (χ1n) is 6.41. The number of aliphatic hydroxyl groups excluding tert-OH is 1. The van der Waals surface area contributed by atoms with Crippen molar-refractivity contribution in [3.05, 3.63) is 57.8 Å². The van der Waals surface area contributed by atoms with E-state index in [1.165, 1.54) is 24.0 Å². The summed E-state index contributed by atoms with van der Waals surface area (Å²) >= 11 is 6.08. The van der Waals surface area contributed by atoms with Crippen molar-refractivity contribution < 1.29 is 5.11 Å². The molecule has 0 saturated heterocycles. The van der Waals surface area contributed by atoms with Crippen LogP contribution >= 0.6 is 11.6 Å². The lowest BCUT2D eigenvalue weighted by atomic mass is 10.0. The molecule has 96 valence electrons. The molecule has 0 spiro atoms. The maximum Gasteiger partial charge on any atom is 0.108 e. The normalized spacial score (nSPS) is 17.6. The van der Waals surface area contributed by atoms with Crippen molar-refractivity contribution in [3.8, 4) is 0 Å². The SMILES string of the molecule is C/C=C(Cc1ccc(C2CC2)cc1)\C(Cl)=C(/C)O. The van der Waals surface area contributed by atoms with E-state index in [9.17, 15) is 5.11 Å². The molecule has 0 radical (unpaired) electrons. The molecule has 1 aliphatic carbocycles. The predicted molar refractivity (Wildman–Crippen MR) is 77.1 cm³/mol. The van der Waals surface area contributed by atoms with Crippen LogP contribution in [0.2, 0.25) is 0 Å². The van der Waals surface area contributed by atoms with E-state index in [1.54, 1.807) is 6.92 Å². The van der Waals surface area contributed by atoms with Crippen LogP contribution in [0.1, 0.15) is 43.7 Å². The second kappa shape index (κ2) is 5.62. The number of aliphatic hydroxyl groups is 1. The molecular formula is C16H19ClO. The van der Waals surface area contributed by atoms with E-state index in [1.807, 2.05) is 13.0 Å². The van der Waals surface area contributed by atoms with E-state index >= 15 is 0 Å². The number of halogens is 1. The summed E-state index contributed by atoms with van der Waals surface area (Å²) in [4.78, 5) is 0.